The lowest BCUT2D eigenvalue weighted by molar-refractivity contribution is -0.233. The van der Waals surface area contributed by atoms with E-state index in [1.165, 1.54) is 7.11 Å². The molecule has 1 aromatic carbocycles. The topological polar surface area (TPSA) is 35.5 Å². The second-order valence-corrected chi connectivity index (χ2v) is 6.96. The molecule has 0 amide bonds. The van der Waals surface area contributed by atoms with Gasteiger partial charge in [-0.3, -0.25) is 4.79 Å². The molecule has 0 radical (unpaired) electrons. The Balaban J connectivity index is 1.57. The fraction of sp³-hybridized carbons (Fsp3) is 0.500. The molecule has 0 spiro atoms. The average molecular weight is 346 g/mol. The quantitative estimate of drug-likeness (QED) is 0.778. The third-order valence-electron chi connectivity index (χ3n) is 4.19. The summed E-state index contributed by atoms with van der Waals surface area (Å²) in [5.74, 6) is 0.725. The number of hydrogen-bond acceptors (Lipinski definition) is 3. The van der Waals surface area contributed by atoms with E-state index in [1.54, 1.807) is 6.07 Å². The molecule has 19 heavy (non-hydrogen) atoms. The van der Waals surface area contributed by atoms with E-state index >= 15 is 0 Å². The van der Waals surface area contributed by atoms with Crippen molar-refractivity contribution < 1.29 is 14.3 Å². The Morgan fingerprint density at radius 3 is 2.68 bits per heavy atom. The Morgan fingerprint density at radius 1 is 1.42 bits per heavy atom. The molecule has 1 aromatic rings. The first-order chi connectivity index (χ1) is 8.99. The van der Waals surface area contributed by atoms with Crippen LogP contribution in [-0.4, -0.2) is 19.7 Å². The molecule has 0 aliphatic heterocycles. The molecule has 102 valence electrons. The predicted octanol–water partition coefficient (Wildman–Crippen LogP) is 3.82. The molecule has 0 saturated heterocycles. The number of ether oxygens (including phenoxy) is 2. The molecule has 0 unspecified atom stereocenters. The second kappa shape index (κ2) is 4.38. The van der Waals surface area contributed by atoms with Gasteiger partial charge in [0.25, 0.3) is 0 Å². The van der Waals surface area contributed by atoms with E-state index in [0.717, 1.165) is 29.5 Å². The van der Waals surface area contributed by atoms with Gasteiger partial charge in [-0.25, -0.2) is 0 Å². The summed E-state index contributed by atoms with van der Waals surface area (Å²) in [7, 11) is 1.46. The van der Waals surface area contributed by atoms with Gasteiger partial charge in [0.1, 0.15) is 5.75 Å². The first-order valence-electron chi connectivity index (χ1n) is 6.15. The largest absolute Gasteiger partial charge is 0.492 e. The zero-order chi connectivity index (χ0) is 13.7. The lowest BCUT2D eigenvalue weighted by Crippen LogP contribution is -2.67. The van der Waals surface area contributed by atoms with Crippen LogP contribution in [0.4, 0.5) is 0 Å². The van der Waals surface area contributed by atoms with Crippen molar-refractivity contribution in [3.63, 3.8) is 0 Å². The molecule has 3 nitrogen and oxygen atoms in total. The number of esters is 1. The van der Waals surface area contributed by atoms with Crippen LogP contribution in [-0.2, 0) is 9.53 Å². The molecule has 0 heterocycles. The minimum absolute atomic E-state index is 0.0675. The van der Waals surface area contributed by atoms with Gasteiger partial charge in [-0.1, -0.05) is 11.6 Å². The van der Waals surface area contributed by atoms with E-state index in [1.807, 2.05) is 12.1 Å². The molecule has 4 rings (SSSR count). The minimum atomic E-state index is -0.199. The molecule has 0 N–H and O–H groups in total. The smallest absolute Gasteiger partial charge is 0.311 e. The normalized spacial score (nSPS) is 31.1. The Bertz CT molecular complexity index is 524. The number of hydrogen-bond donors (Lipinski definition) is 0. The predicted molar refractivity (Wildman–Crippen MR) is 75.4 cm³/mol. The number of rotatable bonds is 4. The van der Waals surface area contributed by atoms with Gasteiger partial charge in [-0.15, -0.1) is 0 Å². The van der Waals surface area contributed by atoms with Crippen LogP contribution >= 0.6 is 27.5 Å². The summed E-state index contributed by atoms with van der Waals surface area (Å²) in [4.78, 5) is 11.6. The highest BCUT2D eigenvalue weighted by molar-refractivity contribution is 9.10. The van der Waals surface area contributed by atoms with E-state index < -0.39 is 0 Å². The Labute approximate surface area is 125 Å². The first kappa shape index (κ1) is 13.3. The number of carbonyl (C=O) groups is 1. The van der Waals surface area contributed by atoms with Crippen LogP contribution in [0.5, 0.6) is 5.75 Å². The van der Waals surface area contributed by atoms with Gasteiger partial charge < -0.3 is 9.47 Å². The van der Waals surface area contributed by atoms with Gasteiger partial charge in [0.05, 0.1) is 23.6 Å². The van der Waals surface area contributed by atoms with E-state index in [2.05, 4.69) is 15.9 Å². The summed E-state index contributed by atoms with van der Waals surface area (Å²) in [5, 5.41) is 0.675. The van der Waals surface area contributed by atoms with Crippen molar-refractivity contribution in [1.29, 1.82) is 0 Å². The van der Waals surface area contributed by atoms with Crippen molar-refractivity contribution >= 4 is 33.5 Å². The number of benzene rings is 1. The molecule has 3 aliphatic carbocycles. The Morgan fingerprint density at radius 2 is 2.11 bits per heavy atom. The van der Waals surface area contributed by atoms with Crippen molar-refractivity contribution in [3.8, 4) is 5.75 Å². The maximum absolute atomic E-state index is 11.6. The molecule has 0 aromatic heterocycles. The number of methoxy groups -OCH3 is 1. The summed E-state index contributed by atoms with van der Waals surface area (Å²) in [6.07, 6.45) is 2.66. The van der Waals surface area contributed by atoms with Gasteiger partial charge in [-0.05, 0) is 53.4 Å². The zero-order valence-electron chi connectivity index (χ0n) is 10.5. The van der Waals surface area contributed by atoms with Crippen LogP contribution in [0, 0.1) is 10.8 Å². The fourth-order valence-electron chi connectivity index (χ4n) is 3.41. The summed E-state index contributed by atoms with van der Waals surface area (Å²) in [5.41, 5.74) is -0.0252. The van der Waals surface area contributed by atoms with Gasteiger partial charge in [-0.2, -0.15) is 0 Å². The average Bonchev–Trinajstić information content (AvgIpc) is 2.27. The molecule has 5 heteroatoms. The van der Waals surface area contributed by atoms with Gasteiger partial charge in [0.15, 0.2) is 0 Å². The van der Waals surface area contributed by atoms with E-state index in [-0.39, 0.29) is 16.8 Å². The SMILES string of the molecule is COC(=O)C12CC(COc3ccc(Cl)cc3Br)(C1)C2. The van der Waals surface area contributed by atoms with E-state index in [0.29, 0.717) is 11.6 Å². The van der Waals surface area contributed by atoms with Crippen LogP contribution in [0.2, 0.25) is 5.02 Å². The lowest BCUT2D eigenvalue weighted by Gasteiger charge is -2.68. The highest BCUT2D eigenvalue weighted by Crippen LogP contribution is 2.73. The molecule has 0 atom stereocenters. The van der Waals surface area contributed by atoms with E-state index in [4.69, 9.17) is 21.1 Å². The van der Waals surface area contributed by atoms with Crippen LogP contribution < -0.4 is 4.74 Å². The lowest BCUT2D eigenvalue weighted by atomic mass is 9.35. The number of halogens is 2. The van der Waals surface area contributed by atoms with Crippen molar-refractivity contribution in [2.75, 3.05) is 13.7 Å². The maximum Gasteiger partial charge on any atom is 0.311 e. The van der Waals surface area contributed by atoms with Crippen molar-refractivity contribution in [2.24, 2.45) is 10.8 Å². The van der Waals surface area contributed by atoms with Gasteiger partial charge >= 0.3 is 5.97 Å². The van der Waals surface area contributed by atoms with Crippen molar-refractivity contribution in [3.05, 3.63) is 27.7 Å². The molecule has 2 bridgehead atoms. The minimum Gasteiger partial charge on any atom is -0.492 e. The molecule has 3 saturated carbocycles. The Kier molecular flexibility index (Phi) is 3.06. The molecular formula is C14H14BrClO3. The van der Waals surface area contributed by atoms with E-state index in [9.17, 15) is 4.79 Å². The first-order valence-corrected chi connectivity index (χ1v) is 7.32. The molecule has 3 aliphatic rings. The van der Waals surface area contributed by atoms with Gasteiger partial charge in [0.2, 0.25) is 0 Å². The standard InChI is InChI=1S/C14H14BrClO3/c1-18-12(17)14-5-13(6-14,7-14)8-19-11-3-2-9(16)4-10(11)15/h2-4H,5-8H2,1H3. The monoisotopic (exact) mass is 344 g/mol. The van der Waals surface area contributed by atoms with Crippen LogP contribution in [0.3, 0.4) is 0 Å². The molecular weight excluding hydrogens is 332 g/mol. The highest BCUT2D eigenvalue weighted by atomic mass is 79.9. The van der Waals surface area contributed by atoms with Crippen molar-refractivity contribution in [2.45, 2.75) is 19.3 Å². The maximum atomic E-state index is 11.6. The third kappa shape index (κ3) is 2.05. The Hall–Kier alpha value is -0.740. The molecule has 3 fully saturated rings. The highest BCUT2D eigenvalue weighted by Gasteiger charge is 2.72. The van der Waals surface area contributed by atoms with Crippen molar-refractivity contribution in [1.82, 2.24) is 0 Å². The van der Waals surface area contributed by atoms with Crippen LogP contribution in [0.25, 0.3) is 0 Å². The third-order valence-corrected chi connectivity index (χ3v) is 5.04. The number of carbonyl (C=O) groups excluding carboxylic acids is 1. The fourth-order valence-corrected chi connectivity index (χ4v) is 4.20. The van der Waals surface area contributed by atoms with Crippen LogP contribution in [0.15, 0.2) is 22.7 Å². The summed E-state index contributed by atoms with van der Waals surface area (Å²) in [6.45, 7) is 0.645. The summed E-state index contributed by atoms with van der Waals surface area (Å²) < 4.78 is 11.5. The summed E-state index contributed by atoms with van der Waals surface area (Å²) >= 11 is 9.31. The van der Waals surface area contributed by atoms with Gasteiger partial charge in [0, 0.05) is 10.4 Å². The summed E-state index contributed by atoms with van der Waals surface area (Å²) in [6, 6.07) is 5.47. The van der Waals surface area contributed by atoms with Crippen LogP contribution in [0.1, 0.15) is 19.3 Å². The second-order valence-electron chi connectivity index (χ2n) is 5.67. The zero-order valence-corrected chi connectivity index (χ0v) is 12.9.